The third-order valence-electron chi connectivity index (χ3n) is 3.02. The van der Waals surface area contributed by atoms with E-state index in [0.29, 0.717) is 17.3 Å². The lowest BCUT2D eigenvalue weighted by molar-refractivity contribution is 0.575. The number of rotatable bonds is 7. The Balaban J connectivity index is 2.19. The first-order valence-electron chi connectivity index (χ1n) is 6.56. The van der Waals surface area contributed by atoms with Gasteiger partial charge >= 0.3 is 0 Å². The van der Waals surface area contributed by atoms with E-state index in [9.17, 15) is 8.42 Å². The molecule has 2 aromatic rings. The molecule has 9 heteroatoms. The Kier molecular flexibility index (Phi) is 5.09. The summed E-state index contributed by atoms with van der Waals surface area (Å²) >= 11 is 1.45. The summed E-state index contributed by atoms with van der Waals surface area (Å²) in [6.45, 7) is 5.26. The molecule has 2 heterocycles. The van der Waals surface area contributed by atoms with Crippen LogP contribution in [0.1, 0.15) is 23.2 Å². The molecule has 0 spiro atoms. The first-order chi connectivity index (χ1) is 9.95. The van der Waals surface area contributed by atoms with E-state index in [4.69, 9.17) is 0 Å². The quantitative estimate of drug-likeness (QED) is 0.783. The Bertz CT molecular complexity index is 705. The number of hydrogen-bond donors (Lipinski definition) is 2. The minimum atomic E-state index is -3.56. The molecule has 21 heavy (non-hydrogen) atoms. The molecule has 0 aliphatic carbocycles. The van der Waals surface area contributed by atoms with Gasteiger partial charge in [-0.05, 0) is 24.4 Å². The van der Waals surface area contributed by atoms with Crippen LogP contribution in [0.3, 0.4) is 0 Å². The van der Waals surface area contributed by atoms with Crippen LogP contribution in [-0.4, -0.2) is 29.7 Å². The lowest BCUT2D eigenvalue weighted by Gasteiger charge is -2.09. The zero-order chi connectivity index (χ0) is 15.5. The molecule has 2 aromatic heterocycles. The molecule has 0 unspecified atom stereocenters. The fourth-order valence-corrected chi connectivity index (χ4v) is 4.66. The fraction of sp³-hybridized carbons (Fsp3) is 0.500. The number of thiophene rings is 1. The van der Waals surface area contributed by atoms with Gasteiger partial charge in [0, 0.05) is 18.5 Å². The molecular weight excluding hydrogens is 310 g/mol. The Hall–Kier alpha value is -1.29. The number of sulfonamides is 1. The maximum Gasteiger partial charge on any atom is 0.242 e. The van der Waals surface area contributed by atoms with Crippen LogP contribution in [0.4, 0.5) is 0 Å². The summed E-state index contributed by atoms with van der Waals surface area (Å²) in [6, 6.07) is 0. The van der Waals surface area contributed by atoms with Crippen molar-refractivity contribution < 1.29 is 8.42 Å². The molecule has 0 amide bonds. The van der Waals surface area contributed by atoms with Crippen LogP contribution in [-0.2, 0) is 30.2 Å². The predicted molar refractivity (Wildman–Crippen MR) is 81.5 cm³/mol. The molecule has 0 bridgehead atoms. The van der Waals surface area contributed by atoms with Crippen molar-refractivity contribution in [1.29, 1.82) is 0 Å². The molecule has 0 radical (unpaired) electrons. The average molecular weight is 329 g/mol. The SMILES string of the molecule is CCNCc1scc(C)c1S(=O)(=O)NCc1nncn1C. The van der Waals surface area contributed by atoms with Crippen molar-refractivity contribution in [2.24, 2.45) is 7.05 Å². The highest BCUT2D eigenvalue weighted by atomic mass is 32.2. The summed E-state index contributed by atoms with van der Waals surface area (Å²) in [5.41, 5.74) is 0.762. The van der Waals surface area contributed by atoms with E-state index in [1.807, 2.05) is 19.2 Å². The van der Waals surface area contributed by atoms with Gasteiger partial charge in [0.25, 0.3) is 0 Å². The highest BCUT2D eigenvalue weighted by Crippen LogP contribution is 2.26. The zero-order valence-electron chi connectivity index (χ0n) is 12.3. The maximum absolute atomic E-state index is 12.5. The van der Waals surface area contributed by atoms with Gasteiger partial charge in [0.2, 0.25) is 10.0 Å². The van der Waals surface area contributed by atoms with Crippen LogP contribution in [0.5, 0.6) is 0 Å². The Labute approximate surface area is 128 Å². The molecule has 0 atom stereocenters. The topological polar surface area (TPSA) is 88.9 Å². The molecule has 2 N–H and O–H groups in total. The molecule has 0 aliphatic rings. The van der Waals surface area contributed by atoms with E-state index >= 15 is 0 Å². The minimum Gasteiger partial charge on any atom is -0.320 e. The van der Waals surface area contributed by atoms with E-state index in [1.165, 1.54) is 17.7 Å². The summed E-state index contributed by atoms with van der Waals surface area (Å²) in [6.07, 6.45) is 1.54. The second-order valence-electron chi connectivity index (χ2n) is 4.63. The highest BCUT2D eigenvalue weighted by Gasteiger charge is 2.23. The molecule has 0 saturated heterocycles. The van der Waals surface area contributed by atoms with Crippen molar-refractivity contribution in [2.75, 3.05) is 6.54 Å². The van der Waals surface area contributed by atoms with Crippen molar-refractivity contribution in [3.63, 3.8) is 0 Å². The van der Waals surface area contributed by atoms with Gasteiger partial charge in [-0.1, -0.05) is 6.92 Å². The molecule has 0 fully saturated rings. The predicted octanol–water partition coefficient (Wildman–Crippen LogP) is 0.773. The molecular formula is C12H19N5O2S2. The number of nitrogens with zero attached hydrogens (tertiary/aromatic N) is 3. The Morgan fingerprint density at radius 1 is 1.38 bits per heavy atom. The summed E-state index contributed by atoms with van der Waals surface area (Å²) < 4.78 is 29.3. The summed E-state index contributed by atoms with van der Waals surface area (Å²) in [5.74, 6) is 0.569. The molecule has 0 aromatic carbocycles. The molecule has 2 rings (SSSR count). The minimum absolute atomic E-state index is 0.120. The second kappa shape index (κ2) is 6.65. The number of hydrogen-bond acceptors (Lipinski definition) is 6. The van der Waals surface area contributed by atoms with Crippen molar-refractivity contribution in [3.05, 3.63) is 28.0 Å². The van der Waals surface area contributed by atoms with Crippen molar-refractivity contribution >= 4 is 21.4 Å². The van der Waals surface area contributed by atoms with Gasteiger partial charge in [-0.15, -0.1) is 21.5 Å². The van der Waals surface area contributed by atoms with E-state index in [0.717, 1.165) is 17.0 Å². The monoisotopic (exact) mass is 329 g/mol. The molecule has 116 valence electrons. The lowest BCUT2D eigenvalue weighted by Crippen LogP contribution is -2.26. The first kappa shape index (κ1) is 16.1. The smallest absolute Gasteiger partial charge is 0.242 e. The standard InChI is InChI=1S/C12H19N5O2S2/c1-4-13-5-10-12(9(2)7-20-10)21(18,19)15-6-11-16-14-8-17(11)3/h7-8,13,15H,4-6H2,1-3H3. The summed E-state index contributed by atoms with van der Waals surface area (Å²) in [7, 11) is -1.79. The largest absolute Gasteiger partial charge is 0.320 e. The normalized spacial score (nSPS) is 12.0. The second-order valence-corrected chi connectivity index (χ2v) is 7.30. The first-order valence-corrected chi connectivity index (χ1v) is 8.92. The van der Waals surface area contributed by atoms with Crippen molar-refractivity contribution in [3.8, 4) is 0 Å². The molecule has 0 saturated carbocycles. The van der Waals surface area contributed by atoms with Crippen LogP contribution in [0.25, 0.3) is 0 Å². The number of aryl methyl sites for hydroxylation is 2. The van der Waals surface area contributed by atoms with E-state index in [1.54, 1.807) is 11.6 Å². The van der Waals surface area contributed by atoms with Gasteiger partial charge in [0.1, 0.15) is 17.0 Å². The van der Waals surface area contributed by atoms with Crippen LogP contribution in [0.15, 0.2) is 16.6 Å². The molecule has 7 nitrogen and oxygen atoms in total. The van der Waals surface area contributed by atoms with Crippen molar-refractivity contribution in [1.82, 2.24) is 24.8 Å². The summed E-state index contributed by atoms with van der Waals surface area (Å²) in [5, 5.41) is 12.6. The Morgan fingerprint density at radius 2 is 2.14 bits per heavy atom. The van der Waals surface area contributed by atoms with Crippen LogP contribution < -0.4 is 10.0 Å². The lowest BCUT2D eigenvalue weighted by atomic mass is 10.3. The van der Waals surface area contributed by atoms with Gasteiger partial charge in [0.05, 0.1) is 6.54 Å². The molecule has 0 aliphatic heterocycles. The van der Waals surface area contributed by atoms with Crippen LogP contribution in [0, 0.1) is 6.92 Å². The third kappa shape index (κ3) is 3.67. The van der Waals surface area contributed by atoms with E-state index in [-0.39, 0.29) is 6.54 Å². The maximum atomic E-state index is 12.5. The van der Waals surface area contributed by atoms with E-state index in [2.05, 4.69) is 20.2 Å². The van der Waals surface area contributed by atoms with Gasteiger partial charge in [-0.3, -0.25) is 0 Å². The summed E-state index contributed by atoms with van der Waals surface area (Å²) in [4.78, 5) is 1.19. The van der Waals surface area contributed by atoms with Crippen LogP contribution in [0.2, 0.25) is 0 Å². The van der Waals surface area contributed by atoms with Gasteiger partial charge in [0.15, 0.2) is 0 Å². The zero-order valence-corrected chi connectivity index (χ0v) is 13.9. The number of aromatic nitrogens is 3. The highest BCUT2D eigenvalue weighted by molar-refractivity contribution is 7.89. The Morgan fingerprint density at radius 3 is 2.76 bits per heavy atom. The van der Waals surface area contributed by atoms with Crippen LogP contribution >= 0.6 is 11.3 Å². The van der Waals surface area contributed by atoms with Gasteiger partial charge < -0.3 is 9.88 Å². The van der Waals surface area contributed by atoms with Crippen molar-refractivity contribution in [2.45, 2.75) is 31.8 Å². The van der Waals surface area contributed by atoms with E-state index < -0.39 is 10.0 Å². The number of nitrogens with one attached hydrogen (secondary N) is 2. The third-order valence-corrected chi connectivity index (χ3v) is 5.88. The van der Waals surface area contributed by atoms with Gasteiger partial charge in [-0.2, -0.15) is 0 Å². The fourth-order valence-electron chi connectivity index (χ4n) is 1.91. The van der Waals surface area contributed by atoms with Gasteiger partial charge in [-0.25, -0.2) is 13.1 Å². The average Bonchev–Trinajstić information content (AvgIpc) is 3.00.